The fourth-order valence-corrected chi connectivity index (χ4v) is 2.53. The molecular weight excluding hydrogens is 240 g/mol. The summed E-state index contributed by atoms with van der Waals surface area (Å²) < 4.78 is 7.81. The predicted octanol–water partition coefficient (Wildman–Crippen LogP) is 1.01. The monoisotopic (exact) mass is 266 g/mol. The third kappa shape index (κ3) is 3.35. The molecule has 0 saturated carbocycles. The van der Waals surface area contributed by atoms with Crippen LogP contribution in [0.5, 0.6) is 0 Å². The van der Waals surface area contributed by atoms with Crippen LogP contribution in [0.25, 0.3) is 0 Å². The van der Waals surface area contributed by atoms with Crippen LogP contribution in [0.3, 0.4) is 0 Å². The lowest BCUT2D eigenvalue weighted by Gasteiger charge is -2.37. The topological polar surface area (TPSA) is 56.3 Å². The third-order valence-corrected chi connectivity index (χ3v) is 3.84. The molecule has 1 aliphatic rings. The van der Waals surface area contributed by atoms with Crippen LogP contribution in [0.15, 0.2) is 6.07 Å². The fourth-order valence-electron chi connectivity index (χ4n) is 2.53. The molecular formula is C14H26N4O. The number of rotatable bonds is 5. The van der Waals surface area contributed by atoms with Crippen LogP contribution in [-0.4, -0.2) is 46.5 Å². The van der Waals surface area contributed by atoms with E-state index in [1.807, 2.05) is 0 Å². The van der Waals surface area contributed by atoms with Crippen molar-refractivity contribution >= 4 is 0 Å². The minimum Gasteiger partial charge on any atom is -0.374 e. The molecule has 0 aromatic carbocycles. The second-order valence-electron chi connectivity index (χ2n) is 5.27. The number of aryl methyl sites for hydroxylation is 2. The van der Waals surface area contributed by atoms with Gasteiger partial charge in [0.05, 0.1) is 24.1 Å². The van der Waals surface area contributed by atoms with E-state index in [0.717, 1.165) is 32.7 Å². The molecule has 5 nitrogen and oxygen atoms in total. The second-order valence-corrected chi connectivity index (χ2v) is 5.27. The van der Waals surface area contributed by atoms with Gasteiger partial charge in [0.2, 0.25) is 0 Å². The maximum atomic E-state index is 5.72. The Balaban J connectivity index is 2.08. The quantitative estimate of drug-likeness (QED) is 0.864. The number of aromatic nitrogens is 2. The zero-order valence-electron chi connectivity index (χ0n) is 12.3. The van der Waals surface area contributed by atoms with E-state index in [0.29, 0.717) is 12.6 Å². The number of hydrogen-bond donors (Lipinski definition) is 1. The van der Waals surface area contributed by atoms with E-state index >= 15 is 0 Å². The van der Waals surface area contributed by atoms with Crippen LogP contribution >= 0.6 is 0 Å². The highest BCUT2D eigenvalue weighted by Crippen LogP contribution is 2.16. The minimum absolute atomic E-state index is 0.167. The number of nitrogens with two attached hydrogens (primary N) is 1. The van der Waals surface area contributed by atoms with Crippen molar-refractivity contribution in [3.05, 3.63) is 17.5 Å². The molecule has 5 heteroatoms. The van der Waals surface area contributed by atoms with Crippen molar-refractivity contribution in [1.82, 2.24) is 14.7 Å². The van der Waals surface area contributed by atoms with E-state index in [9.17, 15) is 0 Å². The van der Waals surface area contributed by atoms with E-state index in [2.05, 4.69) is 41.5 Å². The molecule has 2 rings (SSSR count). The molecule has 0 aliphatic carbocycles. The lowest BCUT2D eigenvalue weighted by atomic mass is 10.2. The van der Waals surface area contributed by atoms with Gasteiger partial charge in [-0.15, -0.1) is 0 Å². The number of morpholine rings is 1. The van der Waals surface area contributed by atoms with Crippen molar-refractivity contribution in [3.63, 3.8) is 0 Å². The molecule has 1 fully saturated rings. The van der Waals surface area contributed by atoms with Crippen molar-refractivity contribution in [1.29, 1.82) is 0 Å². The van der Waals surface area contributed by atoms with Crippen molar-refractivity contribution in [2.75, 3.05) is 19.7 Å². The maximum Gasteiger partial charge on any atom is 0.0824 e. The molecule has 1 aromatic heterocycles. The molecule has 1 aliphatic heterocycles. The Morgan fingerprint density at radius 2 is 2.26 bits per heavy atom. The smallest absolute Gasteiger partial charge is 0.0824 e. The van der Waals surface area contributed by atoms with Gasteiger partial charge in [-0.3, -0.25) is 9.58 Å². The zero-order chi connectivity index (χ0) is 13.8. The zero-order valence-corrected chi connectivity index (χ0v) is 12.3. The highest BCUT2D eigenvalue weighted by molar-refractivity contribution is 5.11. The van der Waals surface area contributed by atoms with Gasteiger partial charge in [0.15, 0.2) is 0 Å². The van der Waals surface area contributed by atoms with Gasteiger partial charge in [0.1, 0.15) is 0 Å². The van der Waals surface area contributed by atoms with Crippen LogP contribution in [-0.2, 0) is 24.2 Å². The van der Waals surface area contributed by atoms with E-state index in [-0.39, 0.29) is 6.10 Å². The largest absolute Gasteiger partial charge is 0.374 e. The average molecular weight is 266 g/mol. The van der Waals surface area contributed by atoms with Crippen LogP contribution in [0, 0.1) is 0 Å². The van der Waals surface area contributed by atoms with Crippen molar-refractivity contribution in [2.24, 2.45) is 5.73 Å². The standard InChI is InChI=1S/C14H26N4O/c1-4-12-6-13(18(5-2)16-12)8-17-9-14(7-15)19-10-11(17)3/h6,11,14H,4-5,7-10,15H2,1-3H3. The first kappa shape index (κ1) is 14.5. The number of ether oxygens (including phenoxy) is 1. The van der Waals surface area contributed by atoms with E-state index in [1.54, 1.807) is 0 Å². The third-order valence-electron chi connectivity index (χ3n) is 3.84. The molecule has 2 N–H and O–H groups in total. The first-order chi connectivity index (χ1) is 9.17. The molecule has 2 unspecified atom stereocenters. The van der Waals surface area contributed by atoms with Crippen molar-refractivity contribution in [3.8, 4) is 0 Å². The first-order valence-corrected chi connectivity index (χ1v) is 7.29. The molecule has 0 bridgehead atoms. The Bertz CT molecular complexity index is 404. The number of hydrogen-bond acceptors (Lipinski definition) is 4. The number of nitrogens with zero attached hydrogens (tertiary/aromatic N) is 3. The molecule has 2 atom stereocenters. The van der Waals surface area contributed by atoms with Gasteiger partial charge < -0.3 is 10.5 Å². The highest BCUT2D eigenvalue weighted by Gasteiger charge is 2.26. The minimum atomic E-state index is 0.167. The van der Waals surface area contributed by atoms with Crippen molar-refractivity contribution < 1.29 is 4.74 Å². The van der Waals surface area contributed by atoms with Gasteiger partial charge in [0, 0.05) is 32.2 Å². The summed E-state index contributed by atoms with van der Waals surface area (Å²) in [6, 6.07) is 2.66. The first-order valence-electron chi connectivity index (χ1n) is 7.29. The summed E-state index contributed by atoms with van der Waals surface area (Å²) in [7, 11) is 0. The molecule has 1 aromatic rings. The van der Waals surface area contributed by atoms with Gasteiger partial charge >= 0.3 is 0 Å². The Morgan fingerprint density at radius 3 is 2.89 bits per heavy atom. The second kappa shape index (κ2) is 6.50. The molecule has 19 heavy (non-hydrogen) atoms. The maximum absolute atomic E-state index is 5.72. The van der Waals surface area contributed by atoms with E-state index in [4.69, 9.17) is 10.5 Å². The molecule has 108 valence electrons. The summed E-state index contributed by atoms with van der Waals surface area (Å²) in [5.74, 6) is 0. The van der Waals surface area contributed by atoms with E-state index in [1.165, 1.54) is 11.4 Å². The molecule has 0 amide bonds. The summed E-state index contributed by atoms with van der Waals surface area (Å²) in [4.78, 5) is 2.45. The normalized spacial score (nSPS) is 24.8. The van der Waals surface area contributed by atoms with Crippen LogP contribution < -0.4 is 5.73 Å². The molecule has 1 saturated heterocycles. The Labute approximate surface area is 115 Å². The molecule has 0 spiro atoms. The van der Waals surface area contributed by atoms with Crippen LogP contribution in [0.2, 0.25) is 0 Å². The van der Waals surface area contributed by atoms with Crippen LogP contribution in [0.4, 0.5) is 0 Å². The molecule has 2 heterocycles. The van der Waals surface area contributed by atoms with Gasteiger partial charge in [-0.05, 0) is 26.3 Å². The fraction of sp³-hybridized carbons (Fsp3) is 0.786. The summed E-state index contributed by atoms with van der Waals surface area (Å²) in [5, 5.41) is 4.61. The van der Waals surface area contributed by atoms with E-state index < -0.39 is 0 Å². The van der Waals surface area contributed by atoms with Gasteiger partial charge in [-0.1, -0.05) is 6.92 Å². The highest BCUT2D eigenvalue weighted by atomic mass is 16.5. The Kier molecular flexibility index (Phi) is 4.96. The molecule has 0 radical (unpaired) electrons. The summed E-state index contributed by atoms with van der Waals surface area (Å²) >= 11 is 0. The Hall–Kier alpha value is -0.910. The average Bonchev–Trinajstić information content (AvgIpc) is 2.83. The lowest BCUT2D eigenvalue weighted by Crippen LogP contribution is -2.50. The summed E-state index contributed by atoms with van der Waals surface area (Å²) in [5.41, 5.74) is 8.19. The van der Waals surface area contributed by atoms with Crippen molar-refractivity contribution in [2.45, 2.75) is 52.4 Å². The lowest BCUT2D eigenvalue weighted by molar-refractivity contribution is -0.0574. The Morgan fingerprint density at radius 1 is 1.47 bits per heavy atom. The predicted molar refractivity (Wildman–Crippen MR) is 75.9 cm³/mol. The van der Waals surface area contributed by atoms with Crippen LogP contribution in [0.1, 0.15) is 32.2 Å². The van der Waals surface area contributed by atoms with Gasteiger partial charge in [0.25, 0.3) is 0 Å². The van der Waals surface area contributed by atoms with Gasteiger partial charge in [-0.2, -0.15) is 5.10 Å². The SMILES string of the molecule is CCc1cc(CN2CC(CN)OCC2C)n(CC)n1. The van der Waals surface area contributed by atoms with Gasteiger partial charge in [-0.25, -0.2) is 0 Å². The summed E-state index contributed by atoms with van der Waals surface area (Å²) in [6.07, 6.45) is 1.16. The summed E-state index contributed by atoms with van der Waals surface area (Å²) in [6.45, 7) is 10.6.